The van der Waals surface area contributed by atoms with Crippen LogP contribution < -0.4 is 4.74 Å². The molecule has 1 aliphatic rings. The van der Waals surface area contributed by atoms with Crippen LogP contribution in [0.3, 0.4) is 0 Å². The molecule has 1 saturated heterocycles. The third-order valence-electron chi connectivity index (χ3n) is 6.10. The quantitative estimate of drug-likeness (QED) is 0.171. The van der Waals surface area contributed by atoms with Gasteiger partial charge >= 0.3 is 18.0 Å². The van der Waals surface area contributed by atoms with Crippen LogP contribution in [0.1, 0.15) is 27.9 Å². The van der Waals surface area contributed by atoms with E-state index in [1.54, 1.807) is 61.7 Å². The molecule has 39 heavy (non-hydrogen) atoms. The van der Waals surface area contributed by atoms with Crippen LogP contribution in [-0.4, -0.2) is 53.7 Å². The van der Waals surface area contributed by atoms with Crippen LogP contribution in [0.4, 0.5) is 10.5 Å². The van der Waals surface area contributed by atoms with E-state index in [4.69, 9.17) is 18.9 Å². The van der Waals surface area contributed by atoms with E-state index in [0.29, 0.717) is 16.9 Å². The number of nitro benzene ring substituents is 1. The van der Waals surface area contributed by atoms with Gasteiger partial charge in [-0.2, -0.15) is 0 Å². The minimum absolute atomic E-state index is 0.0283. The molecule has 3 aromatic rings. The molecule has 0 radical (unpaired) electrons. The Labute approximate surface area is 224 Å². The highest BCUT2D eigenvalue weighted by Gasteiger charge is 2.43. The van der Waals surface area contributed by atoms with Crippen molar-refractivity contribution in [2.75, 3.05) is 13.7 Å². The fourth-order valence-corrected chi connectivity index (χ4v) is 4.02. The number of carbonyl (C=O) groups is 3. The van der Waals surface area contributed by atoms with Gasteiger partial charge < -0.3 is 18.9 Å². The first-order valence-corrected chi connectivity index (χ1v) is 12.1. The van der Waals surface area contributed by atoms with Crippen molar-refractivity contribution in [3.8, 4) is 5.75 Å². The number of amides is 1. The number of rotatable bonds is 9. The van der Waals surface area contributed by atoms with E-state index in [1.807, 2.05) is 0 Å². The number of benzene rings is 3. The summed E-state index contributed by atoms with van der Waals surface area (Å²) in [5.41, 5.74) is 1.50. The second-order valence-corrected chi connectivity index (χ2v) is 8.73. The molecule has 1 fully saturated rings. The molecule has 202 valence electrons. The first-order chi connectivity index (χ1) is 18.8. The first-order valence-electron chi connectivity index (χ1n) is 12.1. The molecule has 11 heteroatoms. The molecule has 0 N–H and O–H groups in total. The molecule has 0 aliphatic carbocycles. The summed E-state index contributed by atoms with van der Waals surface area (Å²) >= 11 is 0. The zero-order chi connectivity index (χ0) is 27.8. The van der Waals surface area contributed by atoms with Crippen LogP contribution in [0.2, 0.25) is 0 Å². The average molecular weight is 535 g/mol. The van der Waals surface area contributed by atoms with E-state index >= 15 is 0 Å². The number of nitrogens with zero attached hydrogens (tertiary/aromatic N) is 2. The summed E-state index contributed by atoms with van der Waals surface area (Å²) in [6, 6.07) is 19.9. The summed E-state index contributed by atoms with van der Waals surface area (Å²) in [6.07, 6.45) is -1.53. The van der Waals surface area contributed by atoms with Gasteiger partial charge in [-0.25, -0.2) is 14.4 Å². The van der Waals surface area contributed by atoms with Gasteiger partial charge in [0.05, 0.1) is 24.1 Å². The number of hydrogen-bond acceptors (Lipinski definition) is 9. The van der Waals surface area contributed by atoms with Gasteiger partial charge in [0.15, 0.2) is 0 Å². The van der Waals surface area contributed by atoms with Crippen LogP contribution in [0, 0.1) is 10.1 Å². The lowest BCUT2D eigenvalue weighted by Gasteiger charge is -2.22. The van der Waals surface area contributed by atoms with Crippen molar-refractivity contribution < 1.29 is 38.3 Å². The third-order valence-corrected chi connectivity index (χ3v) is 6.10. The number of esters is 2. The SMILES string of the molecule is COc1ccc(COC(=O)[C@@H]2CC(OC(=O)c3ccccc3)CN2C(=O)OCc2ccc([N+](=O)[O-])cc2)cc1. The number of nitro groups is 1. The molecule has 4 rings (SSSR count). The van der Waals surface area contributed by atoms with Crippen molar-refractivity contribution in [1.82, 2.24) is 4.90 Å². The molecule has 2 atom stereocenters. The van der Waals surface area contributed by atoms with Crippen molar-refractivity contribution in [3.63, 3.8) is 0 Å². The summed E-state index contributed by atoms with van der Waals surface area (Å²) in [5.74, 6) is -0.589. The molecule has 0 saturated carbocycles. The maximum absolute atomic E-state index is 13.0. The minimum Gasteiger partial charge on any atom is -0.497 e. The highest BCUT2D eigenvalue weighted by Crippen LogP contribution is 2.25. The van der Waals surface area contributed by atoms with Gasteiger partial charge in [-0.1, -0.05) is 30.3 Å². The lowest BCUT2D eigenvalue weighted by Crippen LogP contribution is -2.41. The Hall–Kier alpha value is -4.93. The Morgan fingerprint density at radius 1 is 0.897 bits per heavy atom. The van der Waals surface area contributed by atoms with Gasteiger partial charge in [0, 0.05) is 18.6 Å². The van der Waals surface area contributed by atoms with Crippen molar-refractivity contribution in [1.29, 1.82) is 0 Å². The van der Waals surface area contributed by atoms with Gasteiger partial charge in [-0.15, -0.1) is 0 Å². The normalized spacial score (nSPS) is 16.3. The maximum Gasteiger partial charge on any atom is 0.410 e. The van der Waals surface area contributed by atoms with Gasteiger partial charge in [-0.3, -0.25) is 15.0 Å². The molecule has 1 amide bonds. The number of non-ortho nitro benzene ring substituents is 1. The topological polar surface area (TPSA) is 135 Å². The van der Waals surface area contributed by atoms with E-state index < -0.39 is 35.1 Å². The maximum atomic E-state index is 13.0. The molecular weight excluding hydrogens is 508 g/mol. The predicted octanol–water partition coefficient (Wildman–Crippen LogP) is 4.28. The van der Waals surface area contributed by atoms with Gasteiger partial charge in [0.25, 0.3) is 5.69 Å². The van der Waals surface area contributed by atoms with E-state index in [1.165, 1.54) is 29.2 Å². The Morgan fingerprint density at radius 3 is 2.13 bits per heavy atom. The number of methoxy groups -OCH3 is 1. The number of ether oxygens (including phenoxy) is 4. The minimum atomic E-state index is -1.04. The van der Waals surface area contributed by atoms with E-state index in [0.717, 1.165) is 5.56 Å². The zero-order valence-electron chi connectivity index (χ0n) is 21.1. The fraction of sp³-hybridized carbons (Fsp3) is 0.250. The van der Waals surface area contributed by atoms with Crippen LogP contribution in [0.15, 0.2) is 78.9 Å². The monoisotopic (exact) mass is 534 g/mol. The standard InChI is InChI=1S/C28H26N2O9/c1-36-23-13-9-20(10-14-23)17-37-27(32)25-15-24(39-26(31)21-5-3-2-4-6-21)16-29(25)28(33)38-18-19-7-11-22(12-8-19)30(34)35/h2-14,24-25H,15-18H2,1H3/t24?,25-/m0/s1. The predicted molar refractivity (Wildman–Crippen MR) is 137 cm³/mol. The van der Waals surface area contributed by atoms with Gasteiger partial charge in [-0.05, 0) is 47.5 Å². The fourth-order valence-electron chi connectivity index (χ4n) is 4.02. The van der Waals surface area contributed by atoms with E-state index in [-0.39, 0.29) is 31.9 Å². The van der Waals surface area contributed by atoms with Crippen molar-refractivity contribution in [3.05, 3.63) is 106 Å². The molecule has 1 aliphatic heterocycles. The van der Waals surface area contributed by atoms with E-state index in [9.17, 15) is 24.5 Å². The Bertz CT molecular complexity index is 1310. The molecule has 0 aromatic heterocycles. The lowest BCUT2D eigenvalue weighted by molar-refractivity contribution is -0.384. The summed E-state index contributed by atoms with van der Waals surface area (Å²) in [6.45, 7) is -0.269. The molecule has 11 nitrogen and oxygen atoms in total. The molecule has 3 aromatic carbocycles. The Balaban J connectivity index is 1.42. The first kappa shape index (κ1) is 27.1. The summed E-state index contributed by atoms with van der Waals surface area (Å²) < 4.78 is 21.5. The van der Waals surface area contributed by atoms with Crippen molar-refractivity contribution >= 4 is 23.7 Å². The number of hydrogen-bond donors (Lipinski definition) is 0. The molecule has 1 heterocycles. The number of likely N-dealkylation sites (tertiary alicyclic amines) is 1. The zero-order valence-corrected chi connectivity index (χ0v) is 21.1. The van der Waals surface area contributed by atoms with Crippen LogP contribution in [0.25, 0.3) is 0 Å². The Kier molecular flexibility index (Phi) is 8.72. The Morgan fingerprint density at radius 2 is 1.51 bits per heavy atom. The summed E-state index contributed by atoms with van der Waals surface area (Å²) in [5, 5.41) is 10.9. The molecule has 0 bridgehead atoms. The number of carbonyl (C=O) groups excluding carboxylic acids is 3. The second kappa shape index (κ2) is 12.5. The highest BCUT2D eigenvalue weighted by molar-refractivity contribution is 5.89. The van der Waals surface area contributed by atoms with Crippen molar-refractivity contribution in [2.45, 2.75) is 31.8 Å². The van der Waals surface area contributed by atoms with Gasteiger partial charge in [0.1, 0.15) is 31.1 Å². The largest absolute Gasteiger partial charge is 0.497 e. The van der Waals surface area contributed by atoms with E-state index in [2.05, 4.69) is 0 Å². The van der Waals surface area contributed by atoms with Crippen LogP contribution in [0.5, 0.6) is 5.75 Å². The third kappa shape index (κ3) is 7.10. The molecule has 0 spiro atoms. The molecule has 1 unspecified atom stereocenters. The molecular formula is C28H26N2O9. The van der Waals surface area contributed by atoms with Crippen LogP contribution in [-0.2, 0) is 32.2 Å². The van der Waals surface area contributed by atoms with Crippen LogP contribution >= 0.6 is 0 Å². The summed E-state index contributed by atoms with van der Waals surface area (Å²) in [7, 11) is 1.55. The summed E-state index contributed by atoms with van der Waals surface area (Å²) in [4.78, 5) is 50.1. The van der Waals surface area contributed by atoms with Crippen molar-refractivity contribution in [2.24, 2.45) is 0 Å². The second-order valence-electron chi connectivity index (χ2n) is 8.73. The average Bonchev–Trinajstić information content (AvgIpc) is 3.39. The van der Waals surface area contributed by atoms with Gasteiger partial charge in [0.2, 0.25) is 0 Å². The smallest absolute Gasteiger partial charge is 0.410 e. The highest BCUT2D eigenvalue weighted by atomic mass is 16.6. The lowest BCUT2D eigenvalue weighted by atomic mass is 10.2.